The molecule has 122 valence electrons. The third-order valence-corrected chi connectivity index (χ3v) is 3.50. The summed E-state index contributed by atoms with van der Waals surface area (Å²) in [7, 11) is 0. The molecule has 1 atom stereocenters. The van der Waals surface area contributed by atoms with Crippen LogP contribution in [0.2, 0.25) is 0 Å². The van der Waals surface area contributed by atoms with E-state index in [1.54, 1.807) is 6.07 Å². The zero-order valence-corrected chi connectivity index (χ0v) is 12.3. The lowest BCUT2D eigenvalue weighted by Gasteiger charge is -2.33. The zero-order chi connectivity index (χ0) is 16.2. The summed E-state index contributed by atoms with van der Waals surface area (Å²) in [6.45, 7) is 3.62. The minimum Gasteiger partial charge on any atom is -0.371 e. The normalized spacial score (nSPS) is 19.9. The minimum atomic E-state index is -4.41. The molecule has 7 heteroatoms. The van der Waals surface area contributed by atoms with Crippen molar-refractivity contribution in [3.63, 3.8) is 0 Å². The van der Waals surface area contributed by atoms with Crippen molar-refractivity contribution in [3.05, 3.63) is 35.4 Å². The van der Waals surface area contributed by atoms with E-state index in [-0.39, 0.29) is 24.6 Å². The van der Waals surface area contributed by atoms with Crippen molar-refractivity contribution in [2.24, 2.45) is 0 Å². The van der Waals surface area contributed by atoms with E-state index in [4.69, 9.17) is 4.74 Å². The van der Waals surface area contributed by atoms with Gasteiger partial charge in [-0.2, -0.15) is 13.2 Å². The smallest absolute Gasteiger partial charge is 0.371 e. The fraction of sp³-hybridized carbons (Fsp3) is 0.533. The number of carbonyl (C=O) groups excluding carboxylic acids is 1. The van der Waals surface area contributed by atoms with E-state index in [9.17, 15) is 18.0 Å². The van der Waals surface area contributed by atoms with Crippen LogP contribution in [0.3, 0.4) is 0 Å². The van der Waals surface area contributed by atoms with Gasteiger partial charge in [-0.3, -0.25) is 9.69 Å². The molecule has 1 aliphatic rings. The molecule has 0 spiro atoms. The predicted molar refractivity (Wildman–Crippen MR) is 75.3 cm³/mol. The van der Waals surface area contributed by atoms with Crippen molar-refractivity contribution in [2.75, 3.05) is 32.8 Å². The molecule has 1 aromatic rings. The van der Waals surface area contributed by atoms with Crippen molar-refractivity contribution in [3.8, 4) is 0 Å². The number of likely N-dealkylation sites (N-methyl/N-ethyl adjacent to an activating group) is 1. The first-order chi connectivity index (χ1) is 10.4. The number of amides is 1. The standard InChI is InChI=1S/C15H19F3N2O2/c1-2-19-14(21)10-20-7-8-22-13(9-20)11-5-3-4-6-12(11)15(16,17)18/h3-6,13H,2,7-10H2,1H3,(H,19,21)/t13-/m0/s1. The van der Waals surface area contributed by atoms with Gasteiger partial charge in [0.25, 0.3) is 0 Å². The third kappa shape index (κ3) is 4.20. The van der Waals surface area contributed by atoms with Crippen LogP contribution in [0, 0.1) is 0 Å². The summed E-state index contributed by atoms with van der Waals surface area (Å²) in [5, 5.41) is 2.68. The summed E-state index contributed by atoms with van der Waals surface area (Å²) in [4.78, 5) is 13.4. The van der Waals surface area contributed by atoms with Gasteiger partial charge in [0.05, 0.1) is 24.8 Å². The first-order valence-electron chi connectivity index (χ1n) is 7.18. The highest BCUT2D eigenvalue weighted by Crippen LogP contribution is 2.36. The molecule has 1 saturated heterocycles. The summed E-state index contributed by atoms with van der Waals surface area (Å²) in [5.74, 6) is -0.132. The van der Waals surface area contributed by atoms with Crippen molar-refractivity contribution in [1.29, 1.82) is 0 Å². The number of rotatable bonds is 4. The van der Waals surface area contributed by atoms with Gasteiger partial charge in [0.2, 0.25) is 5.91 Å². The maximum atomic E-state index is 13.1. The average molecular weight is 316 g/mol. The molecule has 1 heterocycles. The molecule has 0 bridgehead atoms. The fourth-order valence-electron chi connectivity index (χ4n) is 2.53. The van der Waals surface area contributed by atoms with Gasteiger partial charge in [-0.1, -0.05) is 18.2 Å². The molecule has 1 aliphatic heterocycles. The molecule has 0 radical (unpaired) electrons. The molecule has 0 saturated carbocycles. The van der Waals surface area contributed by atoms with E-state index in [0.717, 1.165) is 6.07 Å². The lowest BCUT2D eigenvalue weighted by molar-refractivity contribution is -0.141. The lowest BCUT2D eigenvalue weighted by atomic mass is 10.0. The zero-order valence-electron chi connectivity index (χ0n) is 12.3. The Kier molecular flexibility index (Phi) is 5.42. The lowest BCUT2D eigenvalue weighted by Crippen LogP contribution is -2.44. The molecular formula is C15H19F3N2O2. The molecule has 22 heavy (non-hydrogen) atoms. The van der Waals surface area contributed by atoms with Crippen molar-refractivity contribution in [2.45, 2.75) is 19.2 Å². The maximum absolute atomic E-state index is 13.1. The summed E-state index contributed by atoms with van der Waals surface area (Å²) >= 11 is 0. The Balaban J connectivity index is 2.11. The number of ether oxygens (including phenoxy) is 1. The highest BCUT2D eigenvalue weighted by molar-refractivity contribution is 5.77. The van der Waals surface area contributed by atoms with Crippen LogP contribution in [0.5, 0.6) is 0 Å². The van der Waals surface area contributed by atoms with E-state index >= 15 is 0 Å². The molecular weight excluding hydrogens is 297 g/mol. The van der Waals surface area contributed by atoms with Crippen LogP contribution in [0.1, 0.15) is 24.2 Å². The van der Waals surface area contributed by atoms with Gasteiger partial charge in [-0.25, -0.2) is 0 Å². The second-order valence-electron chi connectivity index (χ2n) is 5.13. The van der Waals surface area contributed by atoms with Gasteiger partial charge in [0, 0.05) is 19.6 Å². The molecule has 1 N–H and O–H groups in total. The van der Waals surface area contributed by atoms with E-state index in [0.29, 0.717) is 19.7 Å². The number of nitrogens with zero attached hydrogens (tertiary/aromatic N) is 1. The number of morpholine rings is 1. The number of carbonyl (C=O) groups is 1. The van der Waals surface area contributed by atoms with Crippen LogP contribution in [-0.4, -0.2) is 43.6 Å². The van der Waals surface area contributed by atoms with Crippen LogP contribution in [0.25, 0.3) is 0 Å². The number of hydrogen-bond acceptors (Lipinski definition) is 3. The van der Waals surface area contributed by atoms with Gasteiger partial charge in [-0.05, 0) is 18.6 Å². The number of benzene rings is 1. The monoisotopic (exact) mass is 316 g/mol. The van der Waals surface area contributed by atoms with Crippen LogP contribution in [0.15, 0.2) is 24.3 Å². The maximum Gasteiger partial charge on any atom is 0.416 e. The van der Waals surface area contributed by atoms with Crippen molar-refractivity contribution < 1.29 is 22.7 Å². The van der Waals surface area contributed by atoms with Crippen LogP contribution < -0.4 is 5.32 Å². The van der Waals surface area contributed by atoms with E-state index < -0.39 is 17.8 Å². The Morgan fingerprint density at radius 2 is 2.14 bits per heavy atom. The van der Waals surface area contributed by atoms with E-state index in [1.807, 2.05) is 11.8 Å². The molecule has 0 aliphatic carbocycles. The molecule has 0 aromatic heterocycles. The Bertz CT molecular complexity index is 520. The predicted octanol–water partition coefficient (Wildman–Crippen LogP) is 2.21. The van der Waals surface area contributed by atoms with E-state index in [1.165, 1.54) is 12.1 Å². The van der Waals surface area contributed by atoms with Gasteiger partial charge >= 0.3 is 6.18 Å². The molecule has 2 rings (SSSR count). The number of nitrogens with one attached hydrogen (secondary N) is 1. The summed E-state index contributed by atoms with van der Waals surface area (Å²) in [6.07, 6.45) is -5.09. The topological polar surface area (TPSA) is 41.6 Å². The summed E-state index contributed by atoms with van der Waals surface area (Å²) in [5.41, 5.74) is -0.560. The molecule has 1 fully saturated rings. The van der Waals surface area contributed by atoms with Crippen LogP contribution >= 0.6 is 0 Å². The second-order valence-corrected chi connectivity index (χ2v) is 5.13. The number of halogens is 3. The van der Waals surface area contributed by atoms with Crippen LogP contribution in [-0.2, 0) is 15.7 Å². The van der Waals surface area contributed by atoms with E-state index in [2.05, 4.69) is 5.32 Å². The van der Waals surface area contributed by atoms with Crippen LogP contribution in [0.4, 0.5) is 13.2 Å². The summed E-state index contributed by atoms with van der Waals surface area (Å²) < 4.78 is 44.7. The Morgan fingerprint density at radius 1 is 1.41 bits per heavy atom. The molecule has 0 unspecified atom stereocenters. The number of alkyl halides is 3. The van der Waals surface area contributed by atoms with Gasteiger partial charge < -0.3 is 10.1 Å². The fourth-order valence-corrected chi connectivity index (χ4v) is 2.53. The highest BCUT2D eigenvalue weighted by atomic mass is 19.4. The van der Waals surface area contributed by atoms with Gasteiger partial charge in [-0.15, -0.1) is 0 Å². The Labute approximate surface area is 127 Å². The first kappa shape index (κ1) is 16.8. The minimum absolute atomic E-state index is 0.121. The number of hydrogen-bond donors (Lipinski definition) is 1. The first-order valence-corrected chi connectivity index (χ1v) is 7.18. The SMILES string of the molecule is CCNC(=O)CN1CCO[C@H](c2ccccc2C(F)(F)F)C1. The van der Waals surface area contributed by atoms with Gasteiger partial charge in [0.1, 0.15) is 0 Å². The molecule has 1 aromatic carbocycles. The third-order valence-electron chi connectivity index (χ3n) is 3.50. The Morgan fingerprint density at radius 3 is 2.82 bits per heavy atom. The van der Waals surface area contributed by atoms with Gasteiger partial charge in [0.15, 0.2) is 0 Å². The highest BCUT2D eigenvalue weighted by Gasteiger charge is 2.36. The Hall–Kier alpha value is -1.60. The quantitative estimate of drug-likeness (QED) is 0.926. The molecule has 4 nitrogen and oxygen atoms in total. The summed E-state index contributed by atoms with van der Waals surface area (Å²) in [6, 6.07) is 5.42. The van der Waals surface area contributed by atoms with Crippen molar-refractivity contribution in [1.82, 2.24) is 10.2 Å². The second kappa shape index (κ2) is 7.11. The average Bonchev–Trinajstić information content (AvgIpc) is 2.47. The van der Waals surface area contributed by atoms with Crippen molar-refractivity contribution >= 4 is 5.91 Å². The molecule has 1 amide bonds. The largest absolute Gasteiger partial charge is 0.416 e.